The van der Waals surface area contributed by atoms with Gasteiger partial charge in [-0.1, -0.05) is 19.1 Å². The number of hydrogen-bond acceptors (Lipinski definition) is 1. The first-order valence-corrected chi connectivity index (χ1v) is 8.02. The van der Waals surface area contributed by atoms with E-state index >= 15 is 0 Å². The van der Waals surface area contributed by atoms with E-state index in [1.165, 1.54) is 11.8 Å². The third-order valence-electron chi connectivity index (χ3n) is 3.31. The minimum atomic E-state index is 0. The second-order valence-electron chi connectivity index (χ2n) is 5.05. The maximum atomic E-state index is 5.38. The Bertz CT molecular complexity index is 293. The largest absolute Gasteiger partial charge is 2.00 e. The van der Waals surface area contributed by atoms with Crippen molar-refractivity contribution in [3.05, 3.63) is 127 Å². The van der Waals surface area contributed by atoms with Gasteiger partial charge in [0.15, 0.2) is 0 Å². The zero-order chi connectivity index (χ0) is 16.3. The Morgan fingerprint density at radius 2 is 0.960 bits per heavy atom. The molecule has 0 aromatic heterocycles. The molecule has 0 saturated heterocycles. The number of rotatable bonds is 2. The molecule has 4 aliphatic carbocycles. The van der Waals surface area contributed by atoms with Crippen LogP contribution < -0.4 is 0 Å². The van der Waals surface area contributed by atoms with Crippen LogP contribution in [0.1, 0.15) is 6.92 Å². The maximum absolute atomic E-state index is 5.38. The van der Waals surface area contributed by atoms with E-state index in [-0.39, 0.29) is 34.1 Å². The molecule has 0 nitrogen and oxygen atoms in total. The van der Waals surface area contributed by atoms with E-state index in [1.54, 1.807) is 0 Å². The fourth-order valence-electron chi connectivity index (χ4n) is 2.09. The van der Waals surface area contributed by atoms with Gasteiger partial charge >= 0.3 is 34.1 Å². The molecule has 0 aromatic rings. The Balaban J connectivity index is 0.000000400. The van der Waals surface area contributed by atoms with Gasteiger partial charge in [0.05, 0.1) is 0 Å². The number of thiocarbonyl (C=S) groups is 1. The van der Waals surface area contributed by atoms with Crippen molar-refractivity contribution < 1.29 is 34.1 Å². The van der Waals surface area contributed by atoms with Crippen LogP contribution in [-0.2, 0) is 34.1 Å². The standard InChI is InChI=1S/C12H10S.2C5H5.2Fe/c1-9-5-4-8-11(9)12(13)10-6-2-3-7-10;2*1-2-4-5-3-1;;/h2-8H,1H3;2*1-5H;;/q;;;2*+2. The molecule has 20 radical (unpaired) electrons. The molecule has 0 aliphatic heterocycles. The van der Waals surface area contributed by atoms with Crippen molar-refractivity contribution >= 4 is 17.1 Å². The van der Waals surface area contributed by atoms with Crippen LogP contribution in [0, 0.1) is 127 Å². The fourth-order valence-corrected chi connectivity index (χ4v) is 2.45. The maximum Gasteiger partial charge on any atom is 2.00 e. The van der Waals surface area contributed by atoms with Crippen LogP contribution in [0.15, 0.2) is 0 Å². The molecule has 0 unspecified atom stereocenters. The van der Waals surface area contributed by atoms with Crippen LogP contribution >= 0.6 is 12.2 Å². The molecule has 0 atom stereocenters. The first-order chi connectivity index (χ1) is 11.3. The summed E-state index contributed by atoms with van der Waals surface area (Å²) in [7, 11) is 0. The zero-order valence-corrected chi connectivity index (χ0v) is 17.0. The van der Waals surface area contributed by atoms with Crippen LogP contribution in [0.3, 0.4) is 0 Å². The zero-order valence-electron chi connectivity index (χ0n) is 13.9. The predicted octanol–water partition coefficient (Wildman–Crippen LogP) is 4.59. The van der Waals surface area contributed by atoms with Crippen molar-refractivity contribution in [2.45, 2.75) is 6.92 Å². The van der Waals surface area contributed by atoms with E-state index in [0.29, 0.717) is 0 Å². The van der Waals surface area contributed by atoms with E-state index in [1.807, 2.05) is 83.5 Å². The smallest absolute Gasteiger partial charge is 0.0883 e. The van der Waals surface area contributed by atoms with Crippen molar-refractivity contribution in [2.24, 2.45) is 0 Å². The van der Waals surface area contributed by atoms with Gasteiger partial charge in [-0.25, -0.2) is 0 Å². The van der Waals surface area contributed by atoms with Gasteiger partial charge in [0.1, 0.15) is 0 Å². The van der Waals surface area contributed by atoms with Gasteiger partial charge in [0.25, 0.3) is 0 Å². The van der Waals surface area contributed by atoms with E-state index in [0.717, 1.165) is 10.8 Å². The van der Waals surface area contributed by atoms with Gasteiger partial charge in [0, 0.05) is 16.7 Å². The van der Waals surface area contributed by atoms with Gasteiger partial charge in [-0.3, -0.25) is 0 Å². The van der Waals surface area contributed by atoms with Crippen LogP contribution in [0.25, 0.3) is 0 Å². The molecule has 4 fully saturated rings. The van der Waals surface area contributed by atoms with E-state index in [9.17, 15) is 0 Å². The molecule has 0 N–H and O–H groups in total. The van der Waals surface area contributed by atoms with Crippen molar-refractivity contribution in [2.75, 3.05) is 0 Å². The van der Waals surface area contributed by atoms with Crippen LogP contribution in [-0.4, -0.2) is 4.86 Å². The van der Waals surface area contributed by atoms with Gasteiger partial charge < -0.3 is 0 Å². The molecule has 126 valence electrons. The first kappa shape index (κ1) is 26.1. The Morgan fingerprint density at radius 3 is 1.28 bits per heavy atom. The Kier molecular flexibility index (Phi) is 16.8. The van der Waals surface area contributed by atoms with E-state index in [4.69, 9.17) is 12.2 Å². The van der Waals surface area contributed by atoms with Crippen molar-refractivity contribution in [1.82, 2.24) is 0 Å². The first-order valence-electron chi connectivity index (χ1n) is 7.61. The third-order valence-corrected chi connectivity index (χ3v) is 3.77. The van der Waals surface area contributed by atoms with Crippen molar-refractivity contribution in [3.63, 3.8) is 0 Å². The molecule has 0 aromatic carbocycles. The summed E-state index contributed by atoms with van der Waals surface area (Å²) in [4.78, 5) is 0.951. The summed E-state index contributed by atoms with van der Waals surface area (Å²) in [5.41, 5.74) is 0. The van der Waals surface area contributed by atoms with Gasteiger partial charge in [-0.05, 0) is 115 Å². The van der Waals surface area contributed by atoms with Crippen LogP contribution in [0.5, 0.6) is 0 Å². The molecule has 4 aliphatic rings. The molecule has 4 saturated carbocycles. The average molecular weight is 428 g/mol. The van der Waals surface area contributed by atoms with E-state index in [2.05, 4.69) is 32.6 Å². The SMILES string of the molecule is C[C]1[CH][CH][CH][C]1C(=S)[C]1[CH][CH][CH][CH]1.[CH]1[CH][CH][CH][CH]1.[CH]1[CH][CH][CH][CH]1.[Fe+2].[Fe+2]. The van der Waals surface area contributed by atoms with Gasteiger partial charge in [-0.15, -0.1) is 0 Å². The van der Waals surface area contributed by atoms with Gasteiger partial charge in [0.2, 0.25) is 0 Å². The monoisotopic (exact) mass is 428 g/mol. The topological polar surface area (TPSA) is 0 Å². The summed E-state index contributed by atoms with van der Waals surface area (Å²) in [6.45, 7) is 2.09. The minimum Gasteiger partial charge on any atom is -0.0883 e. The summed E-state index contributed by atoms with van der Waals surface area (Å²) in [5, 5.41) is 0. The third kappa shape index (κ3) is 10.3. The Hall–Kier alpha value is 1.13. The minimum absolute atomic E-state index is 0. The number of hydrogen-bond donors (Lipinski definition) is 0. The van der Waals surface area contributed by atoms with Crippen molar-refractivity contribution in [1.29, 1.82) is 0 Å². The van der Waals surface area contributed by atoms with Crippen LogP contribution in [0.4, 0.5) is 0 Å². The summed E-state index contributed by atoms with van der Waals surface area (Å²) in [5.74, 6) is 3.58. The summed E-state index contributed by atoms with van der Waals surface area (Å²) in [6.07, 6.45) is 34.3. The average Bonchev–Trinajstić information content (AvgIpc) is 3.38. The molecule has 0 bridgehead atoms. The summed E-state index contributed by atoms with van der Waals surface area (Å²) in [6, 6.07) is 0. The quantitative estimate of drug-likeness (QED) is 0.458. The second-order valence-corrected chi connectivity index (χ2v) is 5.46. The second kappa shape index (κ2) is 16.1. The molecule has 0 spiro atoms. The molecular formula is C22H20Fe2S+4. The van der Waals surface area contributed by atoms with E-state index < -0.39 is 0 Å². The fraction of sp³-hybridized carbons (Fsp3) is 0.0455. The summed E-state index contributed by atoms with van der Waals surface area (Å²) < 4.78 is 0. The van der Waals surface area contributed by atoms with Crippen LogP contribution in [0.2, 0.25) is 0 Å². The normalized spacial score (nSPS) is 23.7. The molecule has 0 amide bonds. The predicted molar refractivity (Wildman–Crippen MR) is 101 cm³/mol. The van der Waals surface area contributed by atoms with Gasteiger partial charge in [-0.2, -0.15) is 0 Å². The van der Waals surface area contributed by atoms with Crippen molar-refractivity contribution in [3.8, 4) is 0 Å². The Labute approximate surface area is 184 Å². The molecule has 3 heteroatoms. The Morgan fingerprint density at radius 1 is 0.560 bits per heavy atom. The molecule has 4 rings (SSSR count). The summed E-state index contributed by atoms with van der Waals surface area (Å²) >= 11 is 5.38. The molecule has 25 heavy (non-hydrogen) atoms. The molecule has 0 heterocycles. The molecular weight excluding hydrogens is 408 g/mol.